The maximum atomic E-state index is 11.5. The third-order valence-electron chi connectivity index (χ3n) is 2.85. The van der Waals surface area contributed by atoms with Gasteiger partial charge in [0.05, 0.1) is 6.54 Å². The summed E-state index contributed by atoms with van der Waals surface area (Å²) < 4.78 is 0. The molecule has 2 rings (SSSR count). The van der Waals surface area contributed by atoms with Crippen molar-refractivity contribution < 1.29 is 14.7 Å². The van der Waals surface area contributed by atoms with Crippen molar-refractivity contribution in [3.63, 3.8) is 0 Å². The zero-order valence-corrected chi connectivity index (χ0v) is 9.30. The van der Waals surface area contributed by atoms with Crippen molar-refractivity contribution in [2.75, 3.05) is 13.1 Å². The molecule has 1 saturated heterocycles. The van der Waals surface area contributed by atoms with Crippen molar-refractivity contribution in [1.82, 2.24) is 10.2 Å². The number of hydrogen-bond acceptors (Lipinski definition) is 2. The molecule has 0 saturated carbocycles. The van der Waals surface area contributed by atoms with E-state index >= 15 is 0 Å². The van der Waals surface area contributed by atoms with Crippen molar-refractivity contribution in [2.24, 2.45) is 0 Å². The van der Waals surface area contributed by atoms with Crippen molar-refractivity contribution in [1.29, 1.82) is 0 Å². The molecule has 2 N–H and O–H groups in total. The fourth-order valence-corrected chi connectivity index (χ4v) is 1.91. The summed E-state index contributed by atoms with van der Waals surface area (Å²) in [6.07, 6.45) is 0.665. The molecule has 0 spiro atoms. The fraction of sp³-hybridized carbons (Fsp3) is 0.333. The van der Waals surface area contributed by atoms with Crippen LogP contribution in [0, 0.1) is 0 Å². The molecule has 1 heterocycles. The lowest BCUT2D eigenvalue weighted by Crippen LogP contribution is -2.40. The first-order valence-electron chi connectivity index (χ1n) is 5.49. The molecule has 17 heavy (non-hydrogen) atoms. The number of nitrogens with one attached hydrogen (secondary N) is 1. The zero-order valence-electron chi connectivity index (χ0n) is 9.30. The van der Waals surface area contributed by atoms with Crippen LogP contribution in [0.25, 0.3) is 0 Å². The third-order valence-corrected chi connectivity index (χ3v) is 2.85. The van der Waals surface area contributed by atoms with Gasteiger partial charge in [0.15, 0.2) is 0 Å². The van der Waals surface area contributed by atoms with Gasteiger partial charge in [-0.05, 0) is 12.0 Å². The van der Waals surface area contributed by atoms with Crippen LogP contribution in [0.5, 0.6) is 0 Å². The van der Waals surface area contributed by atoms with Crippen LogP contribution in [0.15, 0.2) is 30.3 Å². The molecule has 1 atom stereocenters. The van der Waals surface area contributed by atoms with E-state index in [-0.39, 0.29) is 12.6 Å². The van der Waals surface area contributed by atoms with E-state index in [0.717, 1.165) is 5.56 Å². The first-order valence-corrected chi connectivity index (χ1v) is 5.49. The minimum atomic E-state index is -0.962. The SMILES string of the molecule is O=C(O)C1CNC(=O)N1CCc1ccccc1. The summed E-state index contributed by atoms with van der Waals surface area (Å²) in [7, 11) is 0. The van der Waals surface area contributed by atoms with Crippen LogP contribution in [0.2, 0.25) is 0 Å². The van der Waals surface area contributed by atoms with Gasteiger partial charge in [-0.15, -0.1) is 0 Å². The summed E-state index contributed by atoms with van der Waals surface area (Å²) >= 11 is 0. The summed E-state index contributed by atoms with van der Waals surface area (Å²) in [5.74, 6) is -0.962. The molecule has 0 aliphatic carbocycles. The van der Waals surface area contributed by atoms with Gasteiger partial charge in [-0.3, -0.25) is 0 Å². The van der Waals surface area contributed by atoms with Crippen LogP contribution < -0.4 is 5.32 Å². The van der Waals surface area contributed by atoms with Crippen molar-refractivity contribution >= 4 is 12.0 Å². The molecule has 90 valence electrons. The largest absolute Gasteiger partial charge is 0.480 e. The van der Waals surface area contributed by atoms with Gasteiger partial charge in [0, 0.05) is 6.54 Å². The molecule has 0 radical (unpaired) electrons. The van der Waals surface area contributed by atoms with Crippen LogP contribution in [0.3, 0.4) is 0 Å². The summed E-state index contributed by atoms with van der Waals surface area (Å²) in [5, 5.41) is 11.5. The van der Waals surface area contributed by atoms with Crippen LogP contribution in [-0.2, 0) is 11.2 Å². The van der Waals surface area contributed by atoms with E-state index < -0.39 is 12.0 Å². The fourth-order valence-electron chi connectivity index (χ4n) is 1.91. The average Bonchev–Trinajstić information content (AvgIpc) is 2.69. The second kappa shape index (κ2) is 4.86. The molecule has 5 nitrogen and oxygen atoms in total. The molecular weight excluding hydrogens is 220 g/mol. The minimum Gasteiger partial charge on any atom is -0.480 e. The molecule has 1 unspecified atom stereocenters. The van der Waals surface area contributed by atoms with Crippen LogP contribution in [0.4, 0.5) is 4.79 Å². The third kappa shape index (κ3) is 2.55. The van der Waals surface area contributed by atoms with Gasteiger partial charge in [-0.1, -0.05) is 30.3 Å². The number of carboxylic acids is 1. The summed E-state index contributed by atoms with van der Waals surface area (Å²) in [4.78, 5) is 23.8. The number of carbonyl (C=O) groups excluding carboxylic acids is 1. The van der Waals surface area contributed by atoms with E-state index in [1.54, 1.807) is 0 Å². The monoisotopic (exact) mass is 234 g/mol. The first kappa shape index (κ1) is 11.4. The second-order valence-electron chi connectivity index (χ2n) is 3.97. The number of benzene rings is 1. The van der Waals surface area contributed by atoms with Gasteiger partial charge in [0.25, 0.3) is 0 Å². The van der Waals surface area contributed by atoms with Crippen LogP contribution in [0.1, 0.15) is 5.56 Å². The van der Waals surface area contributed by atoms with E-state index in [4.69, 9.17) is 5.11 Å². The maximum Gasteiger partial charge on any atom is 0.328 e. The van der Waals surface area contributed by atoms with E-state index in [2.05, 4.69) is 5.32 Å². The smallest absolute Gasteiger partial charge is 0.328 e. The number of amides is 2. The van der Waals surface area contributed by atoms with E-state index in [0.29, 0.717) is 13.0 Å². The predicted molar refractivity (Wildman–Crippen MR) is 61.7 cm³/mol. The first-order chi connectivity index (χ1) is 8.18. The number of nitrogens with zero attached hydrogens (tertiary/aromatic N) is 1. The Morgan fingerprint density at radius 2 is 2.12 bits per heavy atom. The topological polar surface area (TPSA) is 69.6 Å². The molecule has 1 aromatic carbocycles. The predicted octanol–water partition coefficient (Wildman–Crippen LogP) is 0.707. The Hall–Kier alpha value is -2.04. The van der Waals surface area contributed by atoms with Gasteiger partial charge in [-0.2, -0.15) is 0 Å². The molecule has 1 fully saturated rings. The minimum absolute atomic E-state index is 0.183. The normalized spacial score (nSPS) is 19.2. The highest BCUT2D eigenvalue weighted by Crippen LogP contribution is 2.09. The number of carboxylic acid groups (broad SMARTS) is 1. The van der Waals surface area contributed by atoms with Gasteiger partial charge < -0.3 is 15.3 Å². The lowest BCUT2D eigenvalue weighted by molar-refractivity contribution is -0.141. The van der Waals surface area contributed by atoms with Gasteiger partial charge in [0.1, 0.15) is 6.04 Å². The Balaban J connectivity index is 1.98. The number of carbonyl (C=O) groups is 2. The lowest BCUT2D eigenvalue weighted by Gasteiger charge is -2.19. The Morgan fingerprint density at radius 1 is 1.41 bits per heavy atom. The summed E-state index contributed by atoms with van der Waals surface area (Å²) in [6.45, 7) is 0.607. The molecule has 5 heteroatoms. The number of hydrogen-bond donors (Lipinski definition) is 2. The van der Waals surface area contributed by atoms with Gasteiger partial charge in [-0.25, -0.2) is 9.59 Å². The second-order valence-corrected chi connectivity index (χ2v) is 3.97. The zero-order chi connectivity index (χ0) is 12.3. The Morgan fingerprint density at radius 3 is 2.76 bits per heavy atom. The molecular formula is C12H14N2O3. The van der Waals surface area contributed by atoms with Crippen molar-refractivity contribution in [3.8, 4) is 0 Å². The molecule has 1 aliphatic rings. The van der Waals surface area contributed by atoms with Crippen LogP contribution >= 0.6 is 0 Å². The number of urea groups is 1. The van der Waals surface area contributed by atoms with Crippen LogP contribution in [-0.4, -0.2) is 41.1 Å². The number of aliphatic carboxylic acids is 1. The molecule has 2 amide bonds. The Labute approximate surface area is 99.0 Å². The maximum absolute atomic E-state index is 11.5. The Bertz CT molecular complexity index is 419. The summed E-state index contributed by atoms with van der Waals surface area (Å²) in [6, 6.07) is 8.65. The molecule has 0 aromatic heterocycles. The molecule has 1 aromatic rings. The summed E-state index contributed by atoms with van der Waals surface area (Å²) in [5.41, 5.74) is 1.09. The van der Waals surface area contributed by atoms with E-state index in [9.17, 15) is 9.59 Å². The highest BCUT2D eigenvalue weighted by atomic mass is 16.4. The average molecular weight is 234 g/mol. The lowest BCUT2D eigenvalue weighted by atomic mass is 10.1. The molecule has 0 bridgehead atoms. The van der Waals surface area contributed by atoms with E-state index in [1.807, 2.05) is 30.3 Å². The highest BCUT2D eigenvalue weighted by molar-refractivity contribution is 5.86. The van der Waals surface area contributed by atoms with Crippen molar-refractivity contribution in [3.05, 3.63) is 35.9 Å². The van der Waals surface area contributed by atoms with E-state index in [1.165, 1.54) is 4.90 Å². The van der Waals surface area contributed by atoms with Gasteiger partial charge >= 0.3 is 12.0 Å². The standard InChI is InChI=1S/C12H14N2O3/c15-11(16)10-8-13-12(17)14(10)7-6-9-4-2-1-3-5-9/h1-5,10H,6-8H2,(H,13,17)(H,15,16). The number of rotatable bonds is 4. The Kier molecular flexibility index (Phi) is 3.27. The highest BCUT2D eigenvalue weighted by Gasteiger charge is 2.35. The van der Waals surface area contributed by atoms with Crippen molar-refractivity contribution in [2.45, 2.75) is 12.5 Å². The van der Waals surface area contributed by atoms with Gasteiger partial charge in [0.2, 0.25) is 0 Å². The quantitative estimate of drug-likeness (QED) is 0.806. The molecule has 1 aliphatic heterocycles.